The molecule has 2 rings (SSSR count). The molecule has 1 aliphatic rings. The Hall–Kier alpha value is -0.860. The number of nitrogens with one attached hydrogen (secondary N) is 1. The van der Waals surface area contributed by atoms with E-state index in [-0.39, 0.29) is 0 Å². The van der Waals surface area contributed by atoms with Gasteiger partial charge in [0.2, 0.25) is 0 Å². The van der Waals surface area contributed by atoms with Crippen molar-refractivity contribution in [3.8, 4) is 0 Å². The lowest BCUT2D eigenvalue weighted by molar-refractivity contribution is 0.242. The Morgan fingerprint density at radius 3 is 2.82 bits per heavy atom. The largest absolute Gasteiger partial charge is 0.312 e. The Bertz CT molecular complexity index is 358. The van der Waals surface area contributed by atoms with Crippen LogP contribution in [0.4, 0.5) is 0 Å². The Morgan fingerprint density at radius 2 is 2.18 bits per heavy atom. The highest BCUT2D eigenvalue weighted by atomic mass is 15.1. The van der Waals surface area contributed by atoms with Gasteiger partial charge in [0.15, 0.2) is 0 Å². The normalized spacial score (nSPS) is 17.4. The van der Waals surface area contributed by atoms with Gasteiger partial charge in [-0.2, -0.15) is 0 Å². The molecule has 1 atom stereocenters. The molecule has 1 fully saturated rings. The molecule has 1 aromatic carbocycles. The maximum Gasteiger partial charge on any atom is 0.0234 e. The van der Waals surface area contributed by atoms with E-state index in [1.54, 1.807) is 0 Å². The van der Waals surface area contributed by atoms with Crippen molar-refractivity contribution in [2.75, 3.05) is 13.6 Å². The number of benzene rings is 1. The maximum atomic E-state index is 3.59. The van der Waals surface area contributed by atoms with E-state index in [0.717, 1.165) is 19.1 Å². The monoisotopic (exact) mass is 232 g/mol. The molecular formula is C15H24N2. The SMILES string of the molecule is Cc1cccc(CN(C)C(C)CNC2CC2)c1. The van der Waals surface area contributed by atoms with Gasteiger partial charge in [-0.25, -0.2) is 0 Å². The van der Waals surface area contributed by atoms with E-state index < -0.39 is 0 Å². The summed E-state index contributed by atoms with van der Waals surface area (Å²) in [6, 6.07) is 10.2. The van der Waals surface area contributed by atoms with E-state index in [4.69, 9.17) is 0 Å². The van der Waals surface area contributed by atoms with E-state index in [1.807, 2.05) is 0 Å². The maximum absolute atomic E-state index is 3.59. The molecule has 0 amide bonds. The second kappa shape index (κ2) is 5.65. The van der Waals surface area contributed by atoms with Gasteiger partial charge in [0.25, 0.3) is 0 Å². The van der Waals surface area contributed by atoms with Crippen LogP contribution in [-0.2, 0) is 6.54 Å². The van der Waals surface area contributed by atoms with Crippen LogP contribution in [-0.4, -0.2) is 30.6 Å². The molecule has 2 nitrogen and oxygen atoms in total. The quantitative estimate of drug-likeness (QED) is 0.811. The number of rotatable bonds is 6. The Morgan fingerprint density at radius 1 is 1.41 bits per heavy atom. The van der Waals surface area contributed by atoms with Gasteiger partial charge in [0.05, 0.1) is 0 Å². The molecule has 0 spiro atoms. The summed E-state index contributed by atoms with van der Waals surface area (Å²) in [7, 11) is 2.21. The average molecular weight is 232 g/mol. The van der Waals surface area contributed by atoms with E-state index in [0.29, 0.717) is 6.04 Å². The molecule has 1 aromatic rings. The molecule has 1 N–H and O–H groups in total. The summed E-state index contributed by atoms with van der Waals surface area (Å²) in [5, 5.41) is 3.59. The summed E-state index contributed by atoms with van der Waals surface area (Å²) in [6.07, 6.45) is 2.74. The van der Waals surface area contributed by atoms with Gasteiger partial charge in [0.1, 0.15) is 0 Å². The molecule has 17 heavy (non-hydrogen) atoms. The first-order valence-corrected chi connectivity index (χ1v) is 6.64. The van der Waals surface area contributed by atoms with Crippen molar-refractivity contribution < 1.29 is 0 Å². The van der Waals surface area contributed by atoms with Gasteiger partial charge in [0, 0.05) is 25.2 Å². The molecule has 0 radical (unpaired) electrons. The molecule has 94 valence electrons. The Balaban J connectivity index is 1.80. The van der Waals surface area contributed by atoms with E-state index in [9.17, 15) is 0 Å². The van der Waals surface area contributed by atoms with Crippen molar-refractivity contribution in [2.45, 2.75) is 45.3 Å². The zero-order chi connectivity index (χ0) is 12.3. The van der Waals surface area contributed by atoms with Crippen LogP contribution >= 0.6 is 0 Å². The van der Waals surface area contributed by atoms with Crippen molar-refractivity contribution in [1.29, 1.82) is 0 Å². The molecule has 2 heteroatoms. The van der Waals surface area contributed by atoms with Crippen LogP contribution < -0.4 is 5.32 Å². The van der Waals surface area contributed by atoms with Crippen LogP contribution in [0.3, 0.4) is 0 Å². The summed E-state index contributed by atoms with van der Waals surface area (Å²) in [5.41, 5.74) is 2.76. The third kappa shape index (κ3) is 4.14. The van der Waals surface area contributed by atoms with Crippen molar-refractivity contribution >= 4 is 0 Å². The number of nitrogens with zero attached hydrogens (tertiary/aromatic N) is 1. The summed E-state index contributed by atoms with van der Waals surface area (Å²) in [5.74, 6) is 0. The van der Waals surface area contributed by atoms with Crippen molar-refractivity contribution in [1.82, 2.24) is 10.2 Å². The van der Waals surface area contributed by atoms with Crippen LogP contribution in [0.1, 0.15) is 30.9 Å². The van der Waals surface area contributed by atoms with Crippen LogP contribution in [0.15, 0.2) is 24.3 Å². The fraction of sp³-hybridized carbons (Fsp3) is 0.600. The molecule has 1 saturated carbocycles. The number of hydrogen-bond donors (Lipinski definition) is 1. The van der Waals surface area contributed by atoms with E-state index in [1.165, 1.54) is 24.0 Å². The molecule has 0 saturated heterocycles. The van der Waals surface area contributed by atoms with Crippen LogP contribution in [0.5, 0.6) is 0 Å². The number of likely N-dealkylation sites (N-methyl/N-ethyl adjacent to an activating group) is 1. The van der Waals surface area contributed by atoms with Crippen molar-refractivity contribution in [3.05, 3.63) is 35.4 Å². The first-order valence-electron chi connectivity index (χ1n) is 6.64. The van der Waals surface area contributed by atoms with E-state index >= 15 is 0 Å². The second-order valence-corrected chi connectivity index (χ2v) is 5.44. The highest BCUT2D eigenvalue weighted by Gasteiger charge is 2.21. The van der Waals surface area contributed by atoms with Gasteiger partial charge in [-0.1, -0.05) is 29.8 Å². The molecule has 0 aromatic heterocycles. The third-order valence-corrected chi connectivity index (χ3v) is 3.55. The minimum Gasteiger partial charge on any atom is -0.312 e. The number of aryl methyl sites for hydroxylation is 1. The van der Waals surface area contributed by atoms with Gasteiger partial charge in [-0.05, 0) is 39.3 Å². The zero-order valence-corrected chi connectivity index (χ0v) is 11.2. The number of hydrogen-bond acceptors (Lipinski definition) is 2. The highest BCUT2D eigenvalue weighted by molar-refractivity contribution is 5.22. The topological polar surface area (TPSA) is 15.3 Å². The summed E-state index contributed by atoms with van der Waals surface area (Å²) < 4.78 is 0. The Labute approximate surface area is 105 Å². The van der Waals surface area contributed by atoms with Crippen molar-refractivity contribution in [2.24, 2.45) is 0 Å². The predicted octanol–water partition coefficient (Wildman–Crippen LogP) is 2.57. The Kier molecular flexibility index (Phi) is 4.19. The molecule has 0 heterocycles. The van der Waals surface area contributed by atoms with Gasteiger partial charge in [-0.15, -0.1) is 0 Å². The minimum absolute atomic E-state index is 0.594. The minimum atomic E-state index is 0.594. The fourth-order valence-corrected chi connectivity index (χ4v) is 2.03. The smallest absolute Gasteiger partial charge is 0.0234 e. The second-order valence-electron chi connectivity index (χ2n) is 5.44. The standard InChI is InChI=1S/C15H24N2/c1-12-5-4-6-14(9-12)11-17(3)13(2)10-16-15-7-8-15/h4-6,9,13,15-16H,7-8,10-11H2,1-3H3. The van der Waals surface area contributed by atoms with Crippen LogP contribution in [0.25, 0.3) is 0 Å². The summed E-state index contributed by atoms with van der Waals surface area (Å²) in [4.78, 5) is 2.42. The lowest BCUT2D eigenvalue weighted by atomic mass is 10.1. The van der Waals surface area contributed by atoms with E-state index in [2.05, 4.69) is 55.4 Å². The van der Waals surface area contributed by atoms with Crippen LogP contribution in [0, 0.1) is 6.92 Å². The first kappa shape index (κ1) is 12.6. The highest BCUT2D eigenvalue weighted by Crippen LogP contribution is 2.18. The summed E-state index contributed by atoms with van der Waals surface area (Å²) >= 11 is 0. The van der Waals surface area contributed by atoms with Gasteiger partial charge in [-0.3, -0.25) is 4.90 Å². The molecule has 1 unspecified atom stereocenters. The van der Waals surface area contributed by atoms with Crippen molar-refractivity contribution in [3.63, 3.8) is 0 Å². The molecule has 0 bridgehead atoms. The third-order valence-electron chi connectivity index (χ3n) is 3.55. The fourth-order valence-electron chi connectivity index (χ4n) is 2.03. The summed E-state index contributed by atoms with van der Waals surface area (Å²) in [6.45, 7) is 6.59. The van der Waals surface area contributed by atoms with Gasteiger partial charge < -0.3 is 5.32 Å². The molecule has 0 aliphatic heterocycles. The molecular weight excluding hydrogens is 208 g/mol. The zero-order valence-electron chi connectivity index (χ0n) is 11.2. The lowest BCUT2D eigenvalue weighted by Crippen LogP contribution is -2.38. The lowest BCUT2D eigenvalue weighted by Gasteiger charge is -2.25. The van der Waals surface area contributed by atoms with Crippen LogP contribution in [0.2, 0.25) is 0 Å². The first-order chi connectivity index (χ1) is 8.15. The average Bonchev–Trinajstić information content (AvgIpc) is 3.09. The molecule has 1 aliphatic carbocycles. The van der Waals surface area contributed by atoms with Gasteiger partial charge >= 0.3 is 0 Å². The predicted molar refractivity (Wildman–Crippen MR) is 73.1 cm³/mol.